The molecule has 0 unspecified atom stereocenters. The average Bonchev–Trinajstić information content (AvgIpc) is 2.88. The van der Waals surface area contributed by atoms with E-state index in [0.29, 0.717) is 11.1 Å². The van der Waals surface area contributed by atoms with Gasteiger partial charge in [0, 0.05) is 45.6 Å². The third kappa shape index (κ3) is 9.29. The number of hydrogen-bond donors (Lipinski definition) is 0. The molecule has 0 aliphatic carbocycles. The second-order valence-corrected chi connectivity index (χ2v) is 8.76. The molecule has 2 aromatic rings. The van der Waals surface area contributed by atoms with Gasteiger partial charge >= 0.3 is 23.9 Å². The van der Waals surface area contributed by atoms with Crippen LogP contribution in [0.15, 0.2) is 91.3 Å². The van der Waals surface area contributed by atoms with Crippen LogP contribution in [0.3, 0.4) is 0 Å². The lowest BCUT2D eigenvalue weighted by Gasteiger charge is -2.13. The molecule has 0 heterocycles. The van der Waals surface area contributed by atoms with Crippen molar-refractivity contribution in [2.75, 3.05) is 0 Å². The van der Waals surface area contributed by atoms with Gasteiger partial charge in [0.05, 0.1) is 6.26 Å². The van der Waals surface area contributed by atoms with Crippen LogP contribution in [0.2, 0.25) is 0 Å². The summed E-state index contributed by atoms with van der Waals surface area (Å²) >= 11 is 0. The third-order valence-corrected chi connectivity index (χ3v) is 4.83. The maximum absolute atomic E-state index is 12.1. The van der Waals surface area contributed by atoms with Crippen molar-refractivity contribution in [2.24, 2.45) is 0 Å². The van der Waals surface area contributed by atoms with Gasteiger partial charge in [0.25, 0.3) is 0 Å². The van der Waals surface area contributed by atoms with E-state index < -0.39 is 23.9 Å². The molecule has 9 heteroatoms. The van der Waals surface area contributed by atoms with Crippen LogP contribution in [0.25, 0.3) is 6.08 Å². The summed E-state index contributed by atoms with van der Waals surface area (Å²) in [6.07, 6.45) is 2.86. The van der Waals surface area contributed by atoms with Crippen molar-refractivity contribution in [3.63, 3.8) is 0 Å². The van der Waals surface area contributed by atoms with E-state index in [0.717, 1.165) is 0 Å². The fourth-order valence-corrected chi connectivity index (χ4v) is 2.64. The molecule has 0 aromatic heterocycles. The first-order valence-electron chi connectivity index (χ1n) is 11.8. The van der Waals surface area contributed by atoms with Gasteiger partial charge < -0.3 is 23.7 Å². The second kappa shape index (κ2) is 14.1. The molecule has 0 atom stereocenters. The Morgan fingerprint density at radius 3 is 1.55 bits per heavy atom. The maximum atomic E-state index is 12.1. The molecule has 0 saturated heterocycles. The van der Waals surface area contributed by atoms with Gasteiger partial charge in [0.15, 0.2) is 0 Å². The number of ether oxygens (including phenoxy) is 5. The summed E-state index contributed by atoms with van der Waals surface area (Å²) in [5.74, 6) is -2.11. The van der Waals surface area contributed by atoms with Crippen LogP contribution in [0.5, 0.6) is 23.0 Å². The van der Waals surface area contributed by atoms with Gasteiger partial charge in [0.2, 0.25) is 0 Å². The van der Waals surface area contributed by atoms with Gasteiger partial charge in [-0.2, -0.15) is 0 Å². The van der Waals surface area contributed by atoms with Gasteiger partial charge in [-0.3, -0.25) is 0 Å². The standard InChI is InChI=1S/C31H30O9/c1-18(2)28(32)37-24-11-9-22(26(15-24)39-30(34)20(5)6)13-14-36-17-23-10-12-25(38-29(33)19(3)4)16-27(23)40-31(35)21(7)8/h9-16H,1,3,5,7,17H2,2,4,6,8H3/b14-13+. The molecule has 0 bridgehead atoms. The van der Waals surface area contributed by atoms with E-state index in [2.05, 4.69) is 26.3 Å². The minimum absolute atomic E-state index is 0.0424. The van der Waals surface area contributed by atoms with Gasteiger partial charge in [-0.25, -0.2) is 19.2 Å². The van der Waals surface area contributed by atoms with E-state index in [9.17, 15) is 19.2 Å². The molecule has 0 aliphatic heterocycles. The fourth-order valence-electron chi connectivity index (χ4n) is 2.64. The van der Waals surface area contributed by atoms with Crippen LogP contribution in [-0.2, 0) is 30.5 Å². The molecule has 0 radical (unpaired) electrons. The van der Waals surface area contributed by atoms with Crippen LogP contribution in [0.4, 0.5) is 0 Å². The minimum atomic E-state index is -0.671. The summed E-state index contributed by atoms with van der Waals surface area (Å²) in [4.78, 5) is 48.0. The van der Waals surface area contributed by atoms with Crippen molar-refractivity contribution in [1.29, 1.82) is 0 Å². The summed E-state index contributed by atoms with van der Waals surface area (Å²) in [6, 6.07) is 8.92. The van der Waals surface area contributed by atoms with E-state index in [1.807, 2.05) is 0 Å². The highest BCUT2D eigenvalue weighted by Crippen LogP contribution is 2.29. The number of carbonyl (C=O) groups is 4. The molecule has 40 heavy (non-hydrogen) atoms. The van der Waals surface area contributed by atoms with Crippen LogP contribution in [0.1, 0.15) is 38.8 Å². The molecule has 2 aromatic carbocycles. The number of esters is 4. The molecule has 0 amide bonds. The molecular formula is C31H30O9. The van der Waals surface area contributed by atoms with Crippen LogP contribution in [-0.4, -0.2) is 23.9 Å². The fraction of sp³-hybridized carbons (Fsp3) is 0.161. The Labute approximate surface area is 232 Å². The first-order chi connectivity index (χ1) is 18.8. The third-order valence-electron chi connectivity index (χ3n) is 4.83. The van der Waals surface area contributed by atoms with E-state index in [-0.39, 0.29) is 51.9 Å². The Morgan fingerprint density at radius 1 is 0.625 bits per heavy atom. The van der Waals surface area contributed by atoms with Gasteiger partial charge in [-0.05, 0) is 58.0 Å². The van der Waals surface area contributed by atoms with Crippen molar-refractivity contribution in [2.45, 2.75) is 34.3 Å². The molecule has 0 saturated carbocycles. The lowest BCUT2D eigenvalue weighted by Crippen LogP contribution is -2.11. The second-order valence-electron chi connectivity index (χ2n) is 8.76. The predicted octanol–water partition coefficient (Wildman–Crippen LogP) is 5.80. The highest BCUT2D eigenvalue weighted by molar-refractivity contribution is 5.91. The Bertz CT molecular complexity index is 1430. The number of carbonyl (C=O) groups excluding carboxylic acids is 4. The Balaban J connectivity index is 2.27. The maximum Gasteiger partial charge on any atom is 0.338 e. The highest BCUT2D eigenvalue weighted by atomic mass is 16.6. The summed E-state index contributed by atoms with van der Waals surface area (Å²) in [6.45, 7) is 20.2. The lowest BCUT2D eigenvalue weighted by molar-refractivity contribution is -0.131. The van der Waals surface area contributed by atoms with Crippen molar-refractivity contribution in [3.8, 4) is 23.0 Å². The van der Waals surface area contributed by atoms with E-state index >= 15 is 0 Å². The highest BCUT2D eigenvalue weighted by Gasteiger charge is 2.15. The van der Waals surface area contributed by atoms with Gasteiger partial charge in [0.1, 0.15) is 29.6 Å². The zero-order valence-electron chi connectivity index (χ0n) is 22.8. The molecular weight excluding hydrogens is 516 g/mol. The van der Waals surface area contributed by atoms with Gasteiger partial charge in [-0.15, -0.1) is 0 Å². The van der Waals surface area contributed by atoms with E-state index in [1.54, 1.807) is 12.1 Å². The predicted molar refractivity (Wildman–Crippen MR) is 149 cm³/mol. The normalized spacial score (nSPS) is 10.3. The smallest absolute Gasteiger partial charge is 0.338 e. The van der Waals surface area contributed by atoms with E-state index in [1.165, 1.54) is 64.3 Å². The summed E-state index contributed by atoms with van der Waals surface area (Å²) in [5.41, 5.74) is 1.64. The number of rotatable bonds is 12. The molecule has 0 N–H and O–H groups in total. The first kappa shape index (κ1) is 31.0. The van der Waals surface area contributed by atoms with Crippen molar-refractivity contribution in [3.05, 3.63) is 102 Å². The summed E-state index contributed by atoms with van der Waals surface area (Å²) in [5, 5.41) is 0. The SMILES string of the molecule is C=C(C)C(=O)Oc1ccc(/C=C/OCc2ccc(OC(=O)C(=C)C)cc2OC(=O)C(=C)C)c(OC(=O)C(=C)C)c1. The first-order valence-corrected chi connectivity index (χ1v) is 11.8. The van der Waals surface area contributed by atoms with Crippen LogP contribution in [0, 0.1) is 0 Å². The Morgan fingerprint density at radius 2 is 1.05 bits per heavy atom. The molecule has 0 spiro atoms. The van der Waals surface area contributed by atoms with Crippen molar-refractivity contribution < 1.29 is 42.9 Å². The molecule has 0 aliphatic rings. The topological polar surface area (TPSA) is 114 Å². The zero-order chi connectivity index (χ0) is 30.0. The molecule has 208 valence electrons. The van der Waals surface area contributed by atoms with Crippen molar-refractivity contribution >= 4 is 30.0 Å². The average molecular weight is 547 g/mol. The zero-order valence-corrected chi connectivity index (χ0v) is 22.8. The quantitative estimate of drug-likeness (QED) is 0.141. The summed E-state index contributed by atoms with van der Waals surface area (Å²) < 4.78 is 26.8. The molecule has 0 fully saturated rings. The monoisotopic (exact) mass is 546 g/mol. The minimum Gasteiger partial charge on any atom is -0.496 e. The largest absolute Gasteiger partial charge is 0.496 e. The summed E-state index contributed by atoms with van der Waals surface area (Å²) in [7, 11) is 0. The molecule has 2 rings (SSSR count). The van der Waals surface area contributed by atoms with Crippen LogP contribution >= 0.6 is 0 Å². The number of hydrogen-bond acceptors (Lipinski definition) is 9. The van der Waals surface area contributed by atoms with E-state index in [4.69, 9.17) is 23.7 Å². The number of benzene rings is 2. The van der Waals surface area contributed by atoms with Crippen LogP contribution < -0.4 is 18.9 Å². The molecule has 9 nitrogen and oxygen atoms in total. The van der Waals surface area contributed by atoms with Crippen molar-refractivity contribution in [1.82, 2.24) is 0 Å². The van der Waals surface area contributed by atoms with Gasteiger partial charge in [-0.1, -0.05) is 26.3 Å². The Kier molecular flexibility index (Phi) is 10.9. The Hall–Kier alpha value is -5.18. The lowest BCUT2D eigenvalue weighted by atomic mass is 10.2.